The van der Waals surface area contributed by atoms with Crippen molar-refractivity contribution >= 4 is 5.95 Å². The van der Waals surface area contributed by atoms with Crippen LogP contribution in [0.3, 0.4) is 0 Å². The van der Waals surface area contributed by atoms with E-state index in [9.17, 15) is 15.3 Å². The maximum absolute atomic E-state index is 10.1. The van der Waals surface area contributed by atoms with Gasteiger partial charge in [-0.3, -0.25) is 0 Å². The third kappa shape index (κ3) is 2.83. The van der Waals surface area contributed by atoms with E-state index in [2.05, 4.69) is 15.2 Å². The molecule has 1 aromatic heterocycles. The van der Waals surface area contributed by atoms with Crippen molar-refractivity contribution in [1.82, 2.24) is 15.3 Å². The molecule has 1 aliphatic heterocycles. The highest BCUT2D eigenvalue weighted by Gasteiger charge is 2.43. The van der Waals surface area contributed by atoms with E-state index in [4.69, 9.17) is 9.72 Å². The lowest BCUT2D eigenvalue weighted by Gasteiger charge is -2.28. The molecule has 4 rings (SSSR count). The van der Waals surface area contributed by atoms with Crippen molar-refractivity contribution < 1.29 is 20.1 Å². The summed E-state index contributed by atoms with van der Waals surface area (Å²) < 4.78 is 5.94. The summed E-state index contributed by atoms with van der Waals surface area (Å²) in [4.78, 5) is 11.4. The third-order valence-corrected chi connectivity index (χ3v) is 5.15. The lowest BCUT2D eigenvalue weighted by molar-refractivity contribution is -0.0374. The molecule has 1 saturated carbocycles. The van der Waals surface area contributed by atoms with E-state index >= 15 is 0 Å². The van der Waals surface area contributed by atoms with Gasteiger partial charge in [0.2, 0.25) is 11.8 Å². The van der Waals surface area contributed by atoms with Crippen molar-refractivity contribution in [2.75, 3.05) is 31.1 Å². The summed E-state index contributed by atoms with van der Waals surface area (Å²) in [5, 5.41) is 32.8. The Kier molecular flexibility index (Phi) is 4.29. The summed E-state index contributed by atoms with van der Waals surface area (Å²) in [5.74, 6) is 1.16. The number of aliphatic hydroxyl groups excluding tert-OH is 3. The maximum atomic E-state index is 10.1. The van der Waals surface area contributed by atoms with Crippen LogP contribution in [0.5, 0.6) is 5.88 Å². The zero-order chi connectivity index (χ0) is 16.7. The van der Waals surface area contributed by atoms with Gasteiger partial charge in [0.1, 0.15) is 18.3 Å². The first-order valence-corrected chi connectivity index (χ1v) is 8.70. The van der Waals surface area contributed by atoms with Gasteiger partial charge < -0.3 is 30.3 Å². The first-order valence-electron chi connectivity index (χ1n) is 8.70. The highest BCUT2D eigenvalue weighted by Crippen LogP contribution is 2.33. The highest BCUT2D eigenvalue weighted by molar-refractivity contribution is 5.43. The van der Waals surface area contributed by atoms with Gasteiger partial charge in [0.05, 0.1) is 11.8 Å². The van der Waals surface area contributed by atoms with Gasteiger partial charge >= 0.3 is 0 Å². The van der Waals surface area contributed by atoms with Crippen molar-refractivity contribution in [2.45, 2.75) is 50.1 Å². The minimum Gasteiger partial charge on any atom is -0.471 e. The van der Waals surface area contributed by atoms with Crippen LogP contribution in [-0.4, -0.2) is 75.9 Å². The number of fused-ring (bicyclic) bond motifs is 1. The SMILES string of the molecule is OC1CC(Oc2nc(N3CCNCC3)nc3c2CCC3)C(O)C1O. The second-order valence-corrected chi connectivity index (χ2v) is 6.79. The summed E-state index contributed by atoms with van der Waals surface area (Å²) in [6.07, 6.45) is -0.898. The summed E-state index contributed by atoms with van der Waals surface area (Å²) in [5.41, 5.74) is 2.01. The molecular weight excluding hydrogens is 312 g/mol. The number of nitrogens with zero attached hydrogens (tertiary/aromatic N) is 3. The summed E-state index contributed by atoms with van der Waals surface area (Å²) in [6.45, 7) is 3.50. The zero-order valence-electron chi connectivity index (χ0n) is 13.6. The Morgan fingerprint density at radius 3 is 2.54 bits per heavy atom. The monoisotopic (exact) mass is 336 g/mol. The molecular formula is C16H24N4O4. The van der Waals surface area contributed by atoms with Crippen molar-refractivity contribution in [3.63, 3.8) is 0 Å². The number of piperazine rings is 1. The van der Waals surface area contributed by atoms with Crippen LogP contribution in [0.25, 0.3) is 0 Å². The average molecular weight is 336 g/mol. The lowest BCUT2D eigenvalue weighted by Crippen LogP contribution is -2.44. The van der Waals surface area contributed by atoms with Gasteiger partial charge in [-0.15, -0.1) is 0 Å². The van der Waals surface area contributed by atoms with E-state index in [1.807, 2.05) is 0 Å². The fraction of sp³-hybridized carbons (Fsp3) is 0.750. The molecule has 1 saturated heterocycles. The van der Waals surface area contributed by atoms with Crippen molar-refractivity contribution in [3.05, 3.63) is 11.3 Å². The standard InChI is InChI=1S/C16H24N4O4/c21-11-8-12(14(23)13(11)22)24-15-9-2-1-3-10(9)18-16(19-15)20-6-4-17-5-7-20/h11-14,17,21-23H,1-8H2. The molecule has 132 valence electrons. The minimum atomic E-state index is -1.17. The van der Waals surface area contributed by atoms with Crippen LogP contribution >= 0.6 is 0 Å². The molecule has 2 fully saturated rings. The van der Waals surface area contributed by atoms with Crippen LogP contribution in [-0.2, 0) is 12.8 Å². The van der Waals surface area contributed by atoms with Gasteiger partial charge in [-0.1, -0.05) is 0 Å². The largest absolute Gasteiger partial charge is 0.471 e. The smallest absolute Gasteiger partial charge is 0.228 e. The van der Waals surface area contributed by atoms with E-state index in [-0.39, 0.29) is 6.42 Å². The highest BCUT2D eigenvalue weighted by atomic mass is 16.5. The van der Waals surface area contributed by atoms with E-state index in [1.165, 1.54) is 0 Å². The zero-order valence-corrected chi connectivity index (χ0v) is 13.6. The van der Waals surface area contributed by atoms with Crippen molar-refractivity contribution in [3.8, 4) is 5.88 Å². The van der Waals surface area contributed by atoms with E-state index < -0.39 is 24.4 Å². The molecule has 0 radical (unpaired) electrons. The molecule has 0 spiro atoms. The number of hydrogen-bond acceptors (Lipinski definition) is 8. The number of hydrogen-bond donors (Lipinski definition) is 4. The molecule has 2 heterocycles. The van der Waals surface area contributed by atoms with Gasteiger partial charge in [0.25, 0.3) is 0 Å². The fourth-order valence-electron chi connectivity index (χ4n) is 3.71. The Morgan fingerprint density at radius 1 is 1.04 bits per heavy atom. The molecule has 4 N–H and O–H groups in total. The van der Waals surface area contributed by atoms with E-state index in [0.717, 1.165) is 56.7 Å². The first kappa shape index (κ1) is 16.0. The van der Waals surface area contributed by atoms with E-state index in [1.54, 1.807) is 0 Å². The Balaban J connectivity index is 1.61. The molecule has 0 amide bonds. The molecule has 4 atom stereocenters. The summed E-state index contributed by atoms with van der Waals surface area (Å²) in [7, 11) is 0. The molecule has 1 aromatic rings. The number of rotatable bonds is 3. The molecule has 8 nitrogen and oxygen atoms in total. The van der Waals surface area contributed by atoms with Gasteiger partial charge in [-0.2, -0.15) is 4.98 Å². The number of aromatic nitrogens is 2. The summed E-state index contributed by atoms with van der Waals surface area (Å²) >= 11 is 0. The lowest BCUT2D eigenvalue weighted by atomic mass is 10.2. The first-order chi connectivity index (χ1) is 11.6. The van der Waals surface area contributed by atoms with Crippen molar-refractivity contribution in [1.29, 1.82) is 0 Å². The molecule has 2 aliphatic carbocycles. The Labute approximate surface area is 140 Å². The third-order valence-electron chi connectivity index (χ3n) is 5.15. The van der Waals surface area contributed by atoms with Crippen LogP contribution in [0.15, 0.2) is 0 Å². The van der Waals surface area contributed by atoms with Gasteiger partial charge in [0.15, 0.2) is 0 Å². The quantitative estimate of drug-likeness (QED) is 0.534. The van der Waals surface area contributed by atoms with Crippen LogP contribution in [0.4, 0.5) is 5.95 Å². The molecule has 24 heavy (non-hydrogen) atoms. The Morgan fingerprint density at radius 2 is 1.83 bits per heavy atom. The molecule has 0 aromatic carbocycles. The minimum absolute atomic E-state index is 0.198. The molecule has 3 aliphatic rings. The number of anilines is 1. The summed E-state index contributed by atoms with van der Waals surface area (Å²) in [6, 6.07) is 0. The second-order valence-electron chi connectivity index (χ2n) is 6.79. The normalized spacial score (nSPS) is 32.9. The van der Waals surface area contributed by atoms with Gasteiger partial charge in [-0.05, 0) is 19.3 Å². The number of aliphatic hydroxyl groups is 3. The van der Waals surface area contributed by atoms with E-state index in [0.29, 0.717) is 11.8 Å². The molecule has 8 heteroatoms. The Bertz CT molecular complexity index is 608. The molecule has 4 unspecified atom stereocenters. The van der Waals surface area contributed by atoms with Crippen LogP contribution < -0.4 is 15.0 Å². The second kappa shape index (κ2) is 6.44. The number of aryl methyl sites for hydroxylation is 1. The van der Waals surface area contributed by atoms with Gasteiger partial charge in [-0.25, -0.2) is 4.98 Å². The predicted molar refractivity (Wildman–Crippen MR) is 86.2 cm³/mol. The average Bonchev–Trinajstić information content (AvgIpc) is 3.17. The van der Waals surface area contributed by atoms with Crippen LogP contribution in [0.1, 0.15) is 24.1 Å². The topological polar surface area (TPSA) is 111 Å². The van der Waals surface area contributed by atoms with Crippen molar-refractivity contribution in [2.24, 2.45) is 0 Å². The molecule has 0 bridgehead atoms. The Hall–Kier alpha value is -1.48. The van der Waals surface area contributed by atoms with Gasteiger partial charge in [0, 0.05) is 38.2 Å². The van der Waals surface area contributed by atoms with Crippen LogP contribution in [0.2, 0.25) is 0 Å². The maximum Gasteiger partial charge on any atom is 0.228 e. The van der Waals surface area contributed by atoms with Crippen LogP contribution in [0, 0.1) is 0 Å². The fourth-order valence-corrected chi connectivity index (χ4v) is 3.71. The number of ether oxygens (including phenoxy) is 1. The number of nitrogens with one attached hydrogen (secondary N) is 1. The predicted octanol–water partition coefficient (Wildman–Crippen LogP) is -1.39.